The summed E-state index contributed by atoms with van der Waals surface area (Å²) in [7, 11) is -3.84. The molecule has 1 aromatic carbocycles. The van der Waals surface area contributed by atoms with Gasteiger partial charge in [0, 0.05) is 35.0 Å². The van der Waals surface area contributed by atoms with Gasteiger partial charge in [0.2, 0.25) is 15.9 Å². The lowest BCUT2D eigenvalue weighted by atomic mass is 9.84. The number of benzene rings is 1. The van der Waals surface area contributed by atoms with E-state index in [-0.39, 0.29) is 35.4 Å². The van der Waals surface area contributed by atoms with Gasteiger partial charge in [-0.3, -0.25) is 9.78 Å². The Kier molecular flexibility index (Phi) is 6.84. The number of nitrogens with zero attached hydrogens (tertiary/aromatic N) is 2. The highest BCUT2D eigenvalue weighted by atomic mass is 32.2. The standard InChI is InChI=1S/C26H29N3O5S2/c1-16-4-6-22-20(13-16)24(26(31)32)21-14-19(5-7-23(21)28-22)36(33,34)29-10-8-17(9-11-29)25(30)27-15-18-3-2-12-35-18/h2-3,5,7,12,14,16-17H,4,6,8-11,13,15H2,1H3,(H,27,30)(H,31,32)/t16-/m0/s1. The number of carboxylic acid groups (broad SMARTS) is 1. The number of piperidine rings is 1. The van der Waals surface area contributed by atoms with Crippen molar-refractivity contribution in [1.29, 1.82) is 0 Å². The van der Waals surface area contributed by atoms with Gasteiger partial charge in [0.1, 0.15) is 0 Å². The third-order valence-corrected chi connectivity index (χ3v) is 10.0. The van der Waals surface area contributed by atoms with Crippen molar-refractivity contribution in [2.45, 2.75) is 50.5 Å². The second kappa shape index (κ2) is 9.91. The van der Waals surface area contributed by atoms with Crippen LogP contribution in [0.15, 0.2) is 40.6 Å². The third kappa shape index (κ3) is 4.77. The average Bonchev–Trinajstić information content (AvgIpc) is 3.39. The lowest BCUT2D eigenvalue weighted by Crippen LogP contribution is -2.42. The van der Waals surface area contributed by atoms with Crippen molar-refractivity contribution >= 4 is 44.1 Å². The molecule has 1 atom stereocenters. The van der Waals surface area contributed by atoms with Crippen LogP contribution in [0.1, 0.15) is 52.7 Å². The monoisotopic (exact) mass is 527 g/mol. The summed E-state index contributed by atoms with van der Waals surface area (Å²) >= 11 is 1.58. The van der Waals surface area contributed by atoms with Crippen LogP contribution in [0, 0.1) is 11.8 Å². The van der Waals surface area contributed by atoms with E-state index in [2.05, 4.69) is 17.2 Å². The number of aromatic carboxylic acids is 1. The summed E-state index contributed by atoms with van der Waals surface area (Å²) in [6.07, 6.45) is 3.19. The molecule has 1 fully saturated rings. The van der Waals surface area contributed by atoms with Gasteiger partial charge < -0.3 is 10.4 Å². The molecule has 0 radical (unpaired) electrons. The fourth-order valence-corrected chi connectivity index (χ4v) is 7.38. The van der Waals surface area contributed by atoms with E-state index in [0.717, 1.165) is 29.0 Å². The van der Waals surface area contributed by atoms with Crippen LogP contribution in [-0.4, -0.2) is 47.8 Å². The minimum Gasteiger partial charge on any atom is -0.478 e. The van der Waals surface area contributed by atoms with Gasteiger partial charge in [0.05, 0.1) is 22.5 Å². The van der Waals surface area contributed by atoms with Crippen LogP contribution in [0.4, 0.5) is 0 Å². The van der Waals surface area contributed by atoms with E-state index in [0.29, 0.717) is 42.6 Å². The van der Waals surface area contributed by atoms with Crippen LogP contribution in [0.2, 0.25) is 0 Å². The molecule has 0 unspecified atom stereocenters. The molecule has 5 rings (SSSR count). The Morgan fingerprint density at radius 3 is 2.67 bits per heavy atom. The summed E-state index contributed by atoms with van der Waals surface area (Å²) < 4.78 is 28.3. The highest BCUT2D eigenvalue weighted by molar-refractivity contribution is 7.89. The zero-order valence-electron chi connectivity index (χ0n) is 20.1. The fourth-order valence-electron chi connectivity index (χ4n) is 5.24. The molecule has 10 heteroatoms. The quantitative estimate of drug-likeness (QED) is 0.503. The predicted molar refractivity (Wildman–Crippen MR) is 138 cm³/mol. The molecular weight excluding hydrogens is 498 g/mol. The number of rotatable bonds is 6. The molecule has 3 heterocycles. The molecule has 1 amide bonds. The van der Waals surface area contributed by atoms with Crippen molar-refractivity contribution in [1.82, 2.24) is 14.6 Å². The average molecular weight is 528 g/mol. The normalized spacial score (nSPS) is 19.2. The van der Waals surface area contributed by atoms with Gasteiger partial charge in [-0.15, -0.1) is 11.3 Å². The molecule has 8 nitrogen and oxygen atoms in total. The Balaban J connectivity index is 1.35. The first-order chi connectivity index (χ1) is 17.2. The SMILES string of the molecule is C[C@H]1CCc2nc3ccc(S(=O)(=O)N4CCC(C(=O)NCc5cccs5)CC4)cc3c(C(=O)O)c2C1. The molecule has 2 aromatic heterocycles. The van der Waals surface area contributed by atoms with Crippen LogP contribution in [0.5, 0.6) is 0 Å². The van der Waals surface area contributed by atoms with Crippen LogP contribution in [0.3, 0.4) is 0 Å². The van der Waals surface area contributed by atoms with Crippen molar-refractivity contribution in [3.05, 3.63) is 57.4 Å². The van der Waals surface area contributed by atoms with Gasteiger partial charge in [0.25, 0.3) is 0 Å². The first-order valence-corrected chi connectivity index (χ1v) is 14.5. The van der Waals surface area contributed by atoms with Gasteiger partial charge in [-0.05, 0) is 73.2 Å². The number of hydrogen-bond acceptors (Lipinski definition) is 6. The zero-order valence-corrected chi connectivity index (χ0v) is 21.7. The second-order valence-electron chi connectivity index (χ2n) is 9.72. The van der Waals surface area contributed by atoms with E-state index < -0.39 is 16.0 Å². The molecule has 1 aliphatic carbocycles. The number of amides is 1. The minimum atomic E-state index is -3.84. The predicted octanol–water partition coefficient (Wildman–Crippen LogP) is 3.84. The summed E-state index contributed by atoms with van der Waals surface area (Å²) in [5.41, 5.74) is 2.19. The lowest BCUT2D eigenvalue weighted by Gasteiger charge is -2.30. The van der Waals surface area contributed by atoms with Gasteiger partial charge >= 0.3 is 5.97 Å². The van der Waals surface area contributed by atoms with E-state index in [9.17, 15) is 23.1 Å². The topological polar surface area (TPSA) is 117 Å². The second-order valence-corrected chi connectivity index (χ2v) is 12.7. The number of nitrogens with one attached hydrogen (secondary N) is 1. The van der Waals surface area contributed by atoms with Crippen molar-refractivity contribution in [3.8, 4) is 0 Å². The van der Waals surface area contributed by atoms with Crippen LogP contribution >= 0.6 is 11.3 Å². The molecule has 0 bridgehead atoms. The summed E-state index contributed by atoms with van der Waals surface area (Å²) in [5.74, 6) is -0.992. The van der Waals surface area contributed by atoms with Crippen molar-refractivity contribution in [2.75, 3.05) is 13.1 Å². The molecular formula is C26H29N3O5S2. The van der Waals surface area contributed by atoms with E-state index in [1.54, 1.807) is 17.4 Å². The number of fused-ring (bicyclic) bond motifs is 2. The van der Waals surface area contributed by atoms with Gasteiger partial charge in [-0.1, -0.05) is 13.0 Å². The van der Waals surface area contributed by atoms with Gasteiger partial charge in [0.15, 0.2) is 0 Å². The van der Waals surface area contributed by atoms with Gasteiger partial charge in [-0.2, -0.15) is 4.31 Å². The number of aromatic nitrogens is 1. The summed E-state index contributed by atoms with van der Waals surface area (Å²) in [5, 5.41) is 15.3. The van der Waals surface area contributed by atoms with Gasteiger partial charge in [-0.25, -0.2) is 13.2 Å². The van der Waals surface area contributed by atoms with E-state index >= 15 is 0 Å². The highest BCUT2D eigenvalue weighted by Gasteiger charge is 2.33. The van der Waals surface area contributed by atoms with Crippen LogP contribution < -0.4 is 5.32 Å². The summed E-state index contributed by atoms with van der Waals surface area (Å²) in [4.78, 5) is 30.6. The van der Waals surface area contributed by atoms with Crippen LogP contribution in [0.25, 0.3) is 10.9 Å². The molecule has 190 valence electrons. The molecule has 0 saturated carbocycles. The van der Waals surface area contributed by atoms with Crippen LogP contribution in [-0.2, 0) is 34.2 Å². The molecule has 2 N–H and O–H groups in total. The molecule has 2 aliphatic rings. The number of pyridine rings is 1. The largest absolute Gasteiger partial charge is 0.478 e. The maximum atomic E-state index is 13.5. The number of aryl methyl sites for hydroxylation is 1. The molecule has 36 heavy (non-hydrogen) atoms. The maximum absolute atomic E-state index is 13.5. The first-order valence-electron chi connectivity index (χ1n) is 12.2. The minimum absolute atomic E-state index is 0.0534. The first kappa shape index (κ1) is 24.9. The third-order valence-electron chi connectivity index (χ3n) is 7.26. The van der Waals surface area contributed by atoms with Crippen molar-refractivity contribution in [3.63, 3.8) is 0 Å². The Labute approximate surface area is 214 Å². The number of thiophene rings is 1. The molecule has 3 aromatic rings. The number of carbonyl (C=O) groups is 2. The summed E-state index contributed by atoms with van der Waals surface area (Å²) in [6.45, 7) is 3.05. The Morgan fingerprint density at radius 2 is 1.97 bits per heavy atom. The number of hydrogen-bond donors (Lipinski definition) is 2. The summed E-state index contributed by atoms with van der Waals surface area (Å²) in [6, 6.07) is 8.48. The highest BCUT2D eigenvalue weighted by Crippen LogP contribution is 2.33. The zero-order chi connectivity index (χ0) is 25.4. The molecule has 1 aliphatic heterocycles. The smallest absolute Gasteiger partial charge is 0.336 e. The van der Waals surface area contributed by atoms with E-state index in [4.69, 9.17) is 0 Å². The maximum Gasteiger partial charge on any atom is 0.336 e. The van der Waals surface area contributed by atoms with E-state index in [1.807, 2.05) is 17.5 Å². The molecule has 0 spiro atoms. The number of carbonyl (C=O) groups excluding carboxylic acids is 1. The molecule has 1 saturated heterocycles. The fraction of sp³-hybridized carbons (Fsp3) is 0.423. The Hall–Kier alpha value is -2.82. The number of sulfonamides is 1. The Morgan fingerprint density at radius 1 is 1.19 bits per heavy atom. The Bertz CT molecular complexity index is 1410. The van der Waals surface area contributed by atoms with Crippen molar-refractivity contribution in [2.24, 2.45) is 11.8 Å². The number of carboxylic acids is 1. The lowest BCUT2D eigenvalue weighted by molar-refractivity contribution is -0.126. The van der Waals surface area contributed by atoms with Crippen molar-refractivity contribution < 1.29 is 23.1 Å². The van der Waals surface area contributed by atoms with E-state index in [1.165, 1.54) is 16.4 Å².